The van der Waals surface area contributed by atoms with Crippen LogP contribution in [0.2, 0.25) is 0 Å². The lowest BCUT2D eigenvalue weighted by Gasteiger charge is -2.06. The lowest BCUT2D eigenvalue weighted by atomic mass is 10.1. The van der Waals surface area contributed by atoms with Gasteiger partial charge in [0.05, 0.1) is 22.1 Å². The van der Waals surface area contributed by atoms with Gasteiger partial charge in [-0.2, -0.15) is 0 Å². The van der Waals surface area contributed by atoms with E-state index in [0.29, 0.717) is 0 Å². The van der Waals surface area contributed by atoms with Crippen molar-refractivity contribution in [1.82, 2.24) is 19.1 Å². The maximum Gasteiger partial charge on any atom is 0.190 e. The van der Waals surface area contributed by atoms with Crippen LogP contribution in [0.4, 0.5) is 11.4 Å². The summed E-state index contributed by atoms with van der Waals surface area (Å²) < 4.78 is 4.08. The molecule has 0 aliphatic carbocycles. The smallest absolute Gasteiger partial charge is 0.190 e. The Hall–Kier alpha value is -4.86. The van der Waals surface area contributed by atoms with Gasteiger partial charge in [-0.25, -0.2) is 9.97 Å². The van der Waals surface area contributed by atoms with E-state index < -0.39 is 0 Å². The van der Waals surface area contributed by atoms with Crippen molar-refractivity contribution >= 4 is 45.4 Å². The average Bonchev–Trinajstić information content (AvgIpc) is 3.29. The van der Waals surface area contributed by atoms with Crippen molar-refractivity contribution in [2.45, 2.75) is 0 Å². The van der Waals surface area contributed by atoms with E-state index in [1.165, 1.54) is 0 Å². The zero-order valence-corrected chi connectivity index (χ0v) is 18.7. The minimum absolute atomic E-state index is 0.112. The van der Waals surface area contributed by atoms with Gasteiger partial charge in [-0.3, -0.25) is 10.8 Å². The third-order valence-corrected chi connectivity index (χ3v) is 5.72. The summed E-state index contributed by atoms with van der Waals surface area (Å²) in [5, 5.41) is 20.4. The van der Waals surface area contributed by atoms with Crippen molar-refractivity contribution in [3.05, 3.63) is 60.7 Å². The van der Waals surface area contributed by atoms with Crippen molar-refractivity contribution in [3.8, 4) is 22.8 Å². The highest BCUT2D eigenvalue weighted by Gasteiger charge is 2.14. The SMILES string of the molecule is Cn1c(-c2ccc(-c3nc4cc(NC(=N)N)ccc4n3C)cc2)nc2cc(NC(=N)N)ccc21. The number of anilines is 2. The van der Waals surface area contributed by atoms with Gasteiger partial charge in [0.1, 0.15) is 11.6 Å². The number of benzene rings is 3. The molecule has 0 fully saturated rings. The van der Waals surface area contributed by atoms with Gasteiger partial charge in [0.15, 0.2) is 11.9 Å². The summed E-state index contributed by atoms with van der Waals surface area (Å²) >= 11 is 0. The third-order valence-electron chi connectivity index (χ3n) is 5.72. The first kappa shape index (κ1) is 21.0. The zero-order chi connectivity index (χ0) is 24.0. The maximum atomic E-state index is 7.42. The van der Waals surface area contributed by atoms with Gasteiger partial charge in [0, 0.05) is 36.6 Å². The average molecular weight is 453 g/mol. The quantitative estimate of drug-likeness (QED) is 0.181. The number of aryl methyl sites for hydroxylation is 2. The van der Waals surface area contributed by atoms with Crippen LogP contribution in [0.1, 0.15) is 0 Å². The van der Waals surface area contributed by atoms with Crippen molar-refractivity contribution in [3.63, 3.8) is 0 Å². The second kappa shape index (κ2) is 7.93. The number of hydrogen-bond donors (Lipinski definition) is 6. The number of aromatic nitrogens is 4. The highest BCUT2D eigenvalue weighted by molar-refractivity contribution is 5.94. The van der Waals surface area contributed by atoms with Gasteiger partial charge in [-0.1, -0.05) is 24.3 Å². The topological polar surface area (TPSA) is 159 Å². The molecule has 5 aromatic rings. The molecule has 0 aliphatic heterocycles. The summed E-state index contributed by atoms with van der Waals surface area (Å²) in [5.41, 5.74) is 17.9. The normalized spacial score (nSPS) is 11.1. The summed E-state index contributed by atoms with van der Waals surface area (Å²) in [5.74, 6) is 1.46. The highest BCUT2D eigenvalue weighted by Crippen LogP contribution is 2.29. The Kier molecular flexibility index (Phi) is 4.90. The van der Waals surface area contributed by atoms with Crippen molar-refractivity contribution in [1.29, 1.82) is 10.8 Å². The van der Waals surface area contributed by atoms with Crippen LogP contribution in [0.5, 0.6) is 0 Å². The van der Waals surface area contributed by atoms with E-state index in [2.05, 4.69) is 10.6 Å². The van der Waals surface area contributed by atoms with E-state index in [4.69, 9.17) is 32.3 Å². The Labute approximate surface area is 195 Å². The molecule has 0 radical (unpaired) electrons. The Bertz CT molecular complexity index is 1450. The van der Waals surface area contributed by atoms with Crippen LogP contribution in [0.25, 0.3) is 44.8 Å². The second-order valence-electron chi connectivity index (χ2n) is 8.05. The molecule has 34 heavy (non-hydrogen) atoms. The molecule has 5 rings (SSSR count). The lowest BCUT2D eigenvalue weighted by molar-refractivity contribution is 0.956. The maximum absolute atomic E-state index is 7.42. The number of imidazole rings is 2. The fourth-order valence-electron chi connectivity index (χ4n) is 4.15. The van der Waals surface area contributed by atoms with Gasteiger partial charge in [0.25, 0.3) is 0 Å². The monoisotopic (exact) mass is 452 g/mol. The van der Waals surface area contributed by atoms with Crippen LogP contribution in [0, 0.1) is 10.8 Å². The number of rotatable bonds is 4. The zero-order valence-electron chi connectivity index (χ0n) is 18.7. The molecule has 10 nitrogen and oxygen atoms in total. The van der Waals surface area contributed by atoms with E-state index in [-0.39, 0.29) is 11.9 Å². The fourth-order valence-corrected chi connectivity index (χ4v) is 4.15. The van der Waals surface area contributed by atoms with Crippen LogP contribution in [0.15, 0.2) is 60.7 Å². The number of nitrogens with one attached hydrogen (secondary N) is 4. The molecule has 0 atom stereocenters. The molecule has 2 aromatic heterocycles. The number of guanidine groups is 2. The summed E-state index contributed by atoms with van der Waals surface area (Å²) in [6, 6.07) is 19.6. The number of hydrogen-bond acceptors (Lipinski definition) is 4. The van der Waals surface area contributed by atoms with Gasteiger partial charge in [-0.05, 0) is 36.4 Å². The summed E-state index contributed by atoms with van der Waals surface area (Å²) in [6.45, 7) is 0. The molecule has 0 unspecified atom stereocenters. The Morgan fingerprint density at radius 2 is 1.06 bits per heavy atom. The molecule has 0 amide bonds. The van der Waals surface area contributed by atoms with Crippen molar-refractivity contribution in [2.24, 2.45) is 25.6 Å². The Balaban J connectivity index is 1.49. The van der Waals surface area contributed by atoms with Crippen LogP contribution >= 0.6 is 0 Å². The Morgan fingerprint density at radius 1 is 0.676 bits per heavy atom. The van der Waals surface area contributed by atoms with E-state index in [9.17, 15) is 0 Å². The predicted octanol–water partition coefficient (Wildman–Crippen LogP) is 3.40. The third kappa shape index (κ3) is 3.66. The molecule has 8 N–H and O–H groups in total. The molecular formula is C24H24N10. The molecular weight excluding hydrogens is 428 g/mol. The first-order valence-electron chi connectivity index (χ1n) is 10.6. The first-order valence-corrected chi connectivity index (χ1v) is 10.6. The molecule has 0 spiro atoms. The Morgan fingerprint density at radius 3 is 1.41 bits per heavy atom. The van der Waals surface area contributed by atoms with E-state index in [1.807, 2.05) is 83.9 Å². The largest absolute Gasteiger partial charge is 0.370 e. The minimum atomic E-state index is -0.112. The van der Waals surface area contributed by atoms with E-state index in [0.717, 1.165) is 56.2 Å². The van der Waals surface area contributed by atoms with Crippen LogP contribution < -0.4 is 22.1 Å². The van der Waals surface area contributed by atoms with Crippen LogP contribution in [0.3, 0.4) is 0 Å². The van der Waals surface area contributed by atoms with E-state index >= 15 is 0 Å². The van der Waals surface area contributed by atoms with E-state index in [1.54, 1.807) is 0 Å². The minimum Gasteiger partial charge on any atom is -0.370 e. The molecule has 0 bridgehead atoms. The molecule has 170 valence electrons. The molecule has 0 aliphatic rings. The number of nitrogens with zero attached hydrogens (tertiary/aromatic N) is 4. The standard InChI is InChI=1S/C24H24N10/c1-33-19-9-7-15(29-23(25)26)11-17(19)31-21(33)13-3-5-14(6-4-13)22-32-18-12-16(30-24(27)28)8-10-20(18)34(22)2/h3-12H,1-2H3,(H4,25,26,29)(H4,27,28,30). The lowest BCUT2D eigenvalue weighted by Crippen LogP contribution is -2.20. The molecule has 3 aromatic carbocycles. The molecule has 0 saturated carbocycles. The summed E-state index contributed by atoms with van der Waals surface area (Å²) in [4.78, 5) is 9.59. The van der Waals surface area contributed by atoms with Crippen LogP contribution in [-0.2, 0) is 14.1 Å². The van der Waals surface area contributed by atoms with Gasteiger partial charge in [-0.15, -0.1) is 0 Å². The highest BCUT2D eigenvalue weighted by atomic mass is 15.1. The molecule has 2 heterocycles. The van der Waals surface area contributed by atoms with Crippen molar-refractivity contribution < 1.29 is 0 Å². The van der Waals surface area contributed by atoms with Crippen LogP contribution in [-0.4, -0.2) is 31.0 Å². The summed E-state index contributed by atoms with van der Waals surface area (Å²) in [7, 11) is 3.96. The molecule has 0 saturated heterocycles. The van der Waals surface area contributed by atoms with Gasteiger partial charge >= 0.3 is 0 Å². The number of fused-ring (bicyclic) bond motifs is 2. The second-order valence-corrected chi connectivity index (χ2v) is 8.05. The summed E-state index contributed by atoms with van der Waals surface area (Å²) in [6.07, 6.45) is 0. The molecule has 10 heteroatoms. The predicted molar refractivity (Wildman–Crippen MR) is 137 cm³/mol. The van der Waals surface area contributed by atoms with Gasteiger partial charge < -0.3 is 31.2 Å². The first-order chi connectivity index (χ1) is 16.3. The van der Waals surface area contributed by atoms with Gasteiger partial charge in [0.2, 0.25) is 0 Å². The van der Waals surface area contributed by atoms with Crippen molar-refractivity contribution in [2.75, 3.05) is 10.6 Å². The fraction of sp³-hybridized carbons (Fsp3) is 0.0833. The number of nitrogens with two attached hydrogens (primary N) is 2.